The first-order valence-corrected chi connectivity index (χ1v) is 15.4. The fraction of sp³-hybridized carbons (Fsp3) is 0.344. The lowest BCUT2D eigenvalue weighted by Crippen LogP contribution is -2.41. The van der Waals surface area contributed by atoms with Crippen molar-refractivity contribution >= 4 is 32.5 Å². The summed E-state index contributed by atoms with van der Waals surface area (Å²) in [7, 11) is -2.24. The number of ether oxygens (including phenoxy) is 1. The van der Waals surface area contributed by atoms with Crippen LogP contribution in [0.1, 0.15) is 36.8 Å². The third-order valence-electron chi connectivity index (χ3n) is 7.63. The summed E-state index contributed by atoms with van der Waals surface area (Å²) >= 11 is 0. The molecule has 1 fully saturated rings. The summed E-state index contributed by atoms with van der Waals surface area (Å²) in [6.45, 7) is 10.7. The van der Waals surface area contributed by atoms with E-state index in [-0.39, 0.29) is 16.2 Å². The Hall–Kier alpha value is -3.66. The molecule has 0 unspecified atom stereocenters. The van der Waals surface area contributed by atoms with Gasteiger partial charge >= 0.3 is 0 Å². The van der Waals surface area contributed by atoms with E-state index in [4.69, 9.17) is 4.74 Å². The maximum Gasteiger partial charge on any atom is 0.268 e. The number of amides is 1. The van der Waals surface area contributed by atoms with Crippen molar-refractivity contribution < 1.29 is 17.9 Å². The third kappa shape index (κ3) is 6.17. The fourth-order valence-electron chi connectivity index (χ4n) is 5.12. The second-order valence-corrected chi connectivity index (χ2v) is 13.4. The van der Waals surface area contributed by atoms with Gasteiger partial charge in [-0.3, -0.25) is 14.0 Å². The Balaban J connectivity index is 1.46. The van der Waals surface area contributed by atoms with Crippen LogP contribution in [0.2, 0.25) is 0 Å². The molecule has 2 heterocycles. The molecule has 2 N–H and O–H groups in total. The van der Waals surface area contributed by atoms with Gasteiger partial charge in [-0.1, -0.05) is 63.2 Å². The van der Waals surface area contributed by atoms with Gasteiger partial charge < -0.3 is 15.0 Å². The number of anilines is 1. The highest BCUT2D eigenvalue weighted by Crippen LogP contribution is 2.36. The van der Waals surface area contributed by atoms with Crippen molar-refractivity contribution in [2.45, 2.75) is 31.1 Å². The quantitative estimate of drug-likeness (QED) is 0.308. The summed E-state index contributed by atoms with van der Waals surface area (Å²) in [5.74, 6) is -0.199. The van der Waals surface area contributed by atoms with E-state index >= 15 is 0 Å². The van der Waals surface area contributed by atoms with Crippen molar-refractivity contribution in [2.75, 3.05) is 50.7 Å². The van der Waals surface area contributed by atoms with Crippen molar-refractivity contribution in [3.63, 3.8) is 0 Å². The van der Waals surface area contributed by atoms with Gasteiger partial charge in [-0.2, -0.15) is 0 Å². The lowest BCUT2D eigenvalue weighted by molar-refractivity contribution is 0.0383. The topological polar surface area (TPSA) is 94.7 Å². The largest absolute Gasteiger partial charge is 0.379 e. The zero-order valence-corrected chi connectivity index (χ0v) is 24.9. The van der Waals surface area contributed by atoms with E-state index < -0.39 is 10.0 Å². The Bertz CT molecular complexity index is 1620. The zero-order valence-electron chi connectivity index (χ0n) is 24.1. The Morgan fingerprint density at radius 2 is 1.68 bits per heavy atom. The molecular weight excluding hydrogens is 536 g/mol. The molecule has 0 radical (unpaired) electrons. The average Bonchev–Trinajstić information content (AvgIpc) is 3.36. The first kappa shape index (κ1) is 28.9. The van der Waals surface area contributed by atoms with Crippen molar-refractivity contribution in [1.82, 2.24) is 15.2 Å². The Labute approximate surface area is 242 Å². The number of rotatable bonds is 8. The molecule has 0 spiro atoms. The number of aromatic amines is 1. The molecule has 216 valence electrons. The van der Waals surface area contributed by atoms with E-state index in [1.165, 1.54) is 4.31 Å². The minimum Gasteiger partial charge on any atom is -0.379 e. The van der Waals surface area contributed by atoms with Gasteiger partial charge in [0.1, 0.15) is 5.69 Å². The summed E-state index contributed by atoms with van der Waals surface area (Å²) < 4.78 is 33.9. The van der Waals surface area contributed by atoms with Crippen LogP contribution in [0, 0.1) is 0 Å². The molecule has 4 aromatic rings. The average molecular weight is 575 g/mol. The highest BCUT2D eigenvalue weighted by Gasteiger charge is 2.25. The van der Waals surface area contributed by atoms with Crippen LogP contribution >= 0.6 is 0 Å². The lowest BCUT2D eigenvalue weighted by atomic mass is 9.87. The summed E-state index contributed by atoms with van der Waals surface area (Å²) in [6, 6.07) is 22.2. The van der Waals surface area contributed by atoms with E-state index in [1.807, 2.05) is 54.6 Å². The number of carbonyl (C=O) groups excluding carboxylic acids is 1. The maximum atomic E-state index is 13.6. The normalized spacial score (nSPS) is 14.7. The van der Waals surface area contributed by atoms with E-state index in [0.717, 1.165) is 47.2 Å². The Kier molecular flexibility index (Phi) is 8.22. The molecule has 1 aliphatic heterocycles. The lowest BCUT2D eigenvalue weighted by Gasteiger charge is -2.26. The number of hydrogen-bond donors (Lipinski definition) is 2. The predicted octanol–water partition coefficient (Wildman–Crippen LogP) is 5.02. The number of nitrogens with one attached hydrogen (secondary N) is 2. The fourth-order valence-corrected chi connectivity index (χ4v) is 6.30. The highest BCUT2D eigenvalue weighted by molar-refractivity contribution is 7.92. The van der Waals surface area contributed by atoms with Gasteiger partial charge in [0.2, 0.25) is 0 Å². The molecule has 8 nitrogen and oxygen atoms in total. The van der Waals surface area contributed by atoms with Crippen molar-refractivity contribution in [3.05, 3.63) is 84.1 Å². The van der Waals surface area contributed by atoms with Crippen LogP contribution in [0.5, 0.6) is 0 Å². The molecule has 1 aliphatic rings. The van der Waals surface area contributed by atoms with Crippen molar-refractivity contribution in [1.29, 1.82) is 0 Å². The number of sulfonamides is 1. The maximum absolute atomic E-state index is 13.6. The molecule has 0 saturated carbocycles. The minimum absolute atomic E-state index is 0.0755. The van der Waals surface area contributed by atoms with Gasteiger partial charge in [0.05, 0.1) is 23.8 Å². The second-order valence-electron chi connectivity index (χ2n) is 11.4. The molecule has 41 heavy (non-hydrogen) atoms. The first-order valence-electron chi connectivity index (χ1n) is 13.9. The molecule has 1 amide bonds. The highest BCUT2D eigenvalue weighted by atomic mass is 32.2. The number of morpholine rings is 1. The van der Waals surface area contributed by atoms with Crippen molar-refractivity contribution in [2.24, 2.45) is 0 Å². The van der Waals surface area contributed by atoms with Crippen LogP contribution in [-0.4, -0.2) is 70.6 Å². The molecule has 9 heteroatoms. The third-order valence-corrected chi connectivity index (χ3v) is 9.43. The summed E-state index contributed by atoms with van der Waals surface area (Å²) in [6.07, 6.45) is 0. The second kappa shape index (κ2) is 11.7. The van der Waals surface area contributed by atoms with E-state index in [2.05, 4.69) is 36.0 Å². The molecule has 0 atom stereocenters. The van der Waals surface area contributed by atoms with E-state index in [1.54, 1.807) is 25.2 Å². The van der Waals surface area contributed by atoms with Crippen LogP contribution in [0.25, 0.3) is 22.0 Å². The number of carbonyl (C=O) groups is 1. The standard InChI is InChI=1S/C32H38N4O4S/c1-32(2,3)24-10-13-26(14-11-24)41(38,39)35(4)25-12-15-28-27(22-25)29(23-8-6-5-7-9-23)30(34-28)31(37)33-16-17-36-18-20-40-21-19-36/h5-15,22,34H,16-21H2,1-4H3,(H,33,37). The van der Waals surface area contributed by atoms with Gasteiger partial charge in [0, 0.05) is 49.7 Å². The molecule has 5 rings (SSSR count). The minimum atomic E-state index is -3.80. The van der Waals surface area contributed by atoms with Crippen LogP contribution in [0.3, 0.4) is 0 Å². The summed E-state index contributed by atoms with van der Waals surface area (Å²) in [5.41, 5.74) is 4.32. The number of fused-ring (bicyclic) bond motifs is 1. The molecule has 0 bridgehead atoms. The molecular formula is C32H38N4O4S. The van der Waals surface area contributed by atoms with E-state index in [9.17, 15) is 13.2 Å². The summed E-state index contributed by atoms with van der Waals surface area (Å²) in [4.78, 5) is 19.2. The Morgan fingerprint density at radius 3 is 2.34 bits per heavy atom. The number of aromatic nitrogens is 1. The molecule has 1 saturated heterocycles. The number of hydrogen-bond acceptors (Lipinski definition) is 5. The van der Waals surface area contributed by atoms with Gasteiger partial charge in [-0.05, 0) is 46.9 Å². The number of H-pyrrole nitrogens is 1. The monoisotopic (exact) mass is 574 g/mol. The van der Waals surface area contributed by atoms with Gasteiger partial charge in [0.25, 0.3) is 15.9 Å². The Morgan fingerprint density at radius 1 is 1.00 bits per heavy atom. The van der Waals surface area contributed by atoms with Gasteiger partial charge in [0.15, 0.2) is 0 Å². The smallest absolute Gasteiger partial charge is 0.268 e. The predicted molar refractivity (Wildman–Crippen MR) is 164 cm³/mol. The number of benzene rings is 3. The first-order chi connectivity index (χ1) is 19.6. The molecule has 1 aromatic heterocycles. The molecule has 0 aliphatic carbocycles. The van der Waals surface area contributed by atoms with Crippen LogP contribution in [0.15, 0.2) is 77.7 Å². The van der Waals surface area contributed by atoms with Gasteiger partial charge in [-0.15, -0.1) is 0 Å². The van der Waals surface area contributed by atoms with Gasteiger partial charge in [-0.25, -0.2) is 8.42 Å². The van der Waals surface area contributed by atoms with Crippen LogP contribution in [0.4, 0.5) is 5.69 Å². The zero-order chi connectivity index (χ0) is 29.2. The molecule has 3 aromatic carbocycles. The van der Waals surface area contributed by atoms with Crippen molar-refractivity contribution in [3.8, 4) is 11.1 Å². The number of nitrogens with zero attached hydrogens (tertiary/aromatic N) is 2. The summed E-state index contributed by atoms with van der Waals surface area (Å²) in [5, 5.41) is 3.83. The SMILES string of the molecule is CN(c1ccc2[nH]c(C(=O)NCCN3CCOCC3)c(-c3ccccc3)c2c1)S(=O)(=O)c1ccc(C(C)(C)C)cc1. The van der Waals surface area contributed by atoms with E-state index in [0.29, 0.717) is 31.1 Å². The van der Waals surface area contributed by atoms with Crippen LogP contribution < -0.4 is 9.62 Å². The van der Waals surface area contributed by atoms with Crippen LogP contribution in [-0.2, 0) is 20.2 Å².